The zero-order valence-electron chi connectivity index (χ0n) is 9.63. The van der Waals surface area contributed by atoms with Gasteiger partial charge in [0.2, 0.25) is 5.95 Å². The van der Waals surface area contributed by atoms with Gasteiger partial charge in [0.15, 0.2) is 0 Å². The zero-order chi connectivity index (χ0) is 12.3. The summed E-state index contributed by atoms with van der Waals surface area (Å²) < 4.78 is 13.0. The van der Waals surface area contributed by atoms with Crippen LogP contribution in [0.3, 0.4) is 0 Å². The molecule has 17 heavy (non-hydrogen) atoms. The Balaban J connectivity index is 2.04. The summed E-state index contributed by atoms with van der Waals surface area (Å²) in [6.07, 6.45) is 2.02. The van der Waals surface area contributed by atoms with E-state index in [0.717, 1.165) is 18.4 Å². The van der Waals surface area contributed by atoms with Crippen molar-refractivity contribution in [2.24, 2.45) is 0 Å². The maximum Gasteiger partial charge on any atom is 0.201 e. The maximum absolute atomic E-state index is 13.0. The molecule has 1 atom stereocenters. The third-order valence-electron chi connectivity index (χ3n) is 2.54. The Bertz CT molecular complexity index is 497. The molecule has 2 rings (SSSR count). The van der Waals surface area contributed by atoms with Gasteiger partial charge in [-0.3, -0.25) is 0 Å². The van der Waals surface area contributed by atoms with Crippen LogP contribution in [0.4, 0.5) is 10.3 Å². The summed E-state index contributed by atoms with van der Waals surface area (Å²) in [5, 5.41) is 3.20. The molecule has 0 aliphatic rings. The molecule has 0 saturated heterocycles. The third-order valence-corrected chi connectivity index (χ3v) is 2.91. The third kappa shape index (κ3) is 3.09. The van der Waals surface area contributed by atoms with E-state index in [0.29, 0.717) is 18.0 Å². The second-order valence-corrected chi connectivity index (χ2v) is 4.63. The molecule has 2 aromatic rings. The van der Waals surface area contributed by atoms with Crippen molar-refractivity contribution in [3.8, 4) is 0 Å². The summed E-state index contributed by atoms with van der Waals surface area (Å²) in [4.78, 5) is 7.31. The molecule has 0 aliphatic carbocycles. The Morgan fingerprint density at radius 3 is 3.12 bits per heavy atom. The zero-order valence-corrected chi connectivity index (χ0v) is 10.4. The van der Waals surface area contributed by atoms with Crippen LogP contribution in [0.2, 0.25) is 0 Å². The number of nitrogens with one attached hydrogen (secondary N) is 2. The average Bonchev–Trinajstić information content (AvgIpc) is 2.68. The fourth-order valence-electron chi connectivity index (χ4n) is 1.69. The summed E-state index contributed by atoms with van der Waals surface area (Å²) in [5.41, 5.74) is 1.43. The second kappa shape index (κ2) is 5.36. The van der Waals surface area contributed by atoms with Crippen LogP contribution >= 0.6 is 11.6 Å². The van der Waals surface area contributed by atoms with E-state index in [9.17, 15) is 4.39 Å². The molecule has 0 spiro atoms. The first-order valence-electron chi connectivity index (χ1n) is 5.72. The molecule has 92 valence electrons. The van der Waals surface area contributed by atoms with Crippen molar-refractivity contribution in [3.05, 3.63) is 24.0 Å². The normalized spacial score (nSPS) is 12.9. The highest BCUT2D eigenvalue weighted by Crippen LogP contribution is 2.16. The summed E-state index contributed by atoms with van der Waals surface area (Å²) >= 11 is 6.09. The fourth-order valence-corrected chi connectivity index (χ4v) is 1.98. The molecule has 2 N–H and O–H groups in total. The minimum atomic E-state index is -0.270. The molecular weight excluding hydrogens is 241 g/mol. The number of H-pyrrole nitrogens is 1. The minimum Gasteiger partial charge on any atom is -0.354 e. The Morgan fingerprint density at radius 2 is 2.35 bits per heavy atom. The van der Waals surface area contributed by atoms with Crippen molar-refractivity contribution < 1.29 is 4.39 Å². The Morgan fingerprint density at radius 1 is 1.53 bits per heavy atom. The molecular formula is C12H15ClFN3. The monoisotopic (exact) mass is 255 g/mol. The molecule has 0 amide bonds. The van der Waals surface area contributed by atoms with Crippen molar-refractivity contribution in [3.63, 3.8) is 0 Å². The number of nitrogens with zero attached hydrogens (tertiary/aromatic N) is 1. The molecule has 0 bridgehead atoms. The number of hydrogen-bond donors (Lipinski definition) is 2. The van der Waals surface area contributed by atoms with Gasteiger partial charge < -0.3 is 10.3 Å². The lowest BCUT2D eigenvalue weighted by atomic mass is 10.2. The van der Waals surface area contributed by atoms with Crippen LogP contribution < -0.4 is 5.32 Å². The van der Waals surface area contributed by atoms with Crippen LogP contribution in [0.5, 0.6) is 0 Å². The van der Waals surface area contributed by atoms with Crippen LogP contribution in [0, 0.1) is 5.82 Å². The molecule has 5 heteroatoms. The smallest absolute Gasteiger partial charge is 0.201 e. The second-order valence-electron chi connectivity index (χ2n) is 4.01. The lowest BCUT2D eigenvalue weighted by molar-refractivity contribution is 0.629. The van der Waals surface area contributed by atoms with Crippen LogP contribution in [-0.2, 0) is 0 Å². The summed E-state index contributed by atoms with van der Waals surface area (Å²) in [6.45, 7) is 2.75. The van der Waals surface area contributed by atoms with Gasteiger partial charge in [0.1, 0.15) is 5.82 Å². The molecule has 0 fully saturated rings. The number of fused-ring (bicyclic) bond motifs is 1. The van der Waals surface area contributed by atoms with Crippen molar-refractivity contribution in [1.82, 2.24) is 9.97 Å². The number of benzene rings is 1. The van der Waals surface area contributed by atoms with E-state index in [-0.39, 0.29) is 11.2 Å². The average molecular weight is 256 g/mol. The van der Waals surface area contributed by atoms with Crippen LogP contribution in [0.25, 0.3) is 11.0 Å². The van der Waals surface area contributed by atoms with Gasteiger partial charge >= 0.3 is 0 Å². The number of hydrogen-bond acceptors (Lipinski definition) is 2. The number of halogens is 2. The highest BCUT2D eigenvalue weighted by atomic mass is 35.5. The lowest BCUT2D eigenvalue weighted by Crippen LogP contribution is -2.14. The largest absolute Gasteiger partial charge is 0.354 e. The van der Waals surface area contributed by atoms with E-state index in [4.69, 9.17) is 11.6 Å². The van der Waals surface area contributed by atoms with Crippen LogP contribution in [-0.4, -0.2) is 21.9 Å². The molecule has 1 unspecified atom stereocenters. The molecule has 0 radical (unpaired) electrons. The topological polar surface area (TPSA) is 40.7 Å². The Kier molecular flexibility index (Phi) is 3.84. The quantitative estimate of drug-likeness (QED) is 0.803. The van der Waals surface area contributed by atoms with Crippen LogP contribution in [0.1, 0.15) is 19.8 Å². The van der Waals surface area contributed by atoms with Gasteiger partial charge in [-0.2, -0.15) is 0 Å². The number of anilines is 1. The maximum atomic E-state index is 13.0. The van der Waals surface area contributed by atoms with Gasteiger partial charge in [0, 0.05) is 6.54 Å². The first-order chi connectivity index (χ1) is 8.19. The Hall–Kier alpha value is -1.29. The van der Waals surface area contributed by atoms with E-state index >= 15 is 0 Å². The molecule has 1 heterocycles. The first kappa shape index (κ1) is 12.2. The molecule has 1 aromatic carbocycles. The van der Waals surface area contributed by atoms with Gasteiger partial charge in [-0.05, 0) is 24.6 Å². The molecule has 1 aromatic heterocycles. The highest BCUT2D eigenvalue weighted by Gasteiger charge is 2.06. The van der Waals surface area contributed by atoms with Crippen molar-refractivity contribution >= 4 is 28.6 Å². The number of rotatable bonds is 5. The predicted molar refractivity (Wildman–Crippen MR) is 69.1 cm³/mol. The van der Waals surface area contributed by atoms with Gasteiger partial charge in [-0.15, -0.1) is 11.6 Å². The van der Waals surface area contributed by atoms with Crippen LogP contribution in [0.15, 0.2) is 18.2 Å². The van der Waals surface area contributed by atoms with E-state index in [1.807, 2.05) is 0 Å². The molecule has 0 saturated carbocycles. The van der Waals surface area contributed by atoms with Crippen molar-refractivity contribution in [1.29, 1.82) is 0 Å². The van der Waals surface area contributed by atoms with E-state index < -0.39 is 0 Å². The Labute approximate surface area is 104 Å². The number of aromatic nitrogens is 2. The summed E-state index contributed by atoms with van der Waals surface area (Å²) in [7, 11) is 0. The SMILES string of the molecule is CCCC(Cl)CNc1nc2ccc(F)cc2[nH]1. The lowest BCUT2D eigenvalue weighted by Gasteiger charge is -2.07. The van der Waals surface area contributed by atoms with Gasteiger partial charge in [-0.25, -0.2) is 9.37 Å². The number of imidazole rings is 1. The fraction of sp³-hybridized carbons (Fsp3) is 0.417. The van der Waals surface area contributed by atoms with E-state index in [1.165, 1.54) is 12.1 Å². The molecule has 3 nitrogen and oxygen atoms in total. The minimum absolute atomic E-state index is 0.0879. The molecule has 0 aliphatic heterocycles. The first-order valence-corrected chi connectivity index (χ1v) is 6.16. The van der Waals surface area contributed by atoms with Gasteiger partial charge in [0.25, 0.3) is 0 Å². The standard InChI is InChI=1S/C12H15ClFN3/c1-2-3-8(13)7-15-12-16-10-5-4-9(14)6-11(10)17-12/h4-6,8H,2-3,7H2,1H3,(H2,15,16,17). The summed E-state index contributed by atoms with van der Waals surface area (Å²) in [6, 6.07) is 4.47. The van der Waals surface area contributed by atoms with Gasteiger partial charge in [-0.1, -0.05) is 13.3 Å². The van der Waals surface area contributed by atoms with Crippen molar-refractivity contribution in [2.75, 3.05) is 11.9 Å². The van der Waals surface area contributed by atoms with Crippen molar-refractivity contribution in [2.45, 2.75) is 25.1 Å². The van der Waals surface area contributed by atoms with E-state index in [2.05, 4.69) is 22.2 Å². The highest BCUT2D eigenvalue weighted by molar-refractivity contribution is 6.20. The number of aromatic amines is 1. The van der Waals surface area contributed by atoms with E-state index in [1.54, 1.807) is 6.07 Å². The van der Waals surface area contributed by atoms with Gasteiger partial charge in [0.05, 0.1) is 16.4 Å². The summed E-state index contributed by atoms with van der Waals surface area (Å²) in [5.74, 6) is 0.362. The predicted octanol–water partition coefficient (Wildman–Crippen LogP) is 3.52. The number of alkyl halides is 1.